The van der Waals surface area contributed by atoms with Gasteiger partial charge in [-0.05, 0) is 55.9 Å². The monoisotopic (exact) mass is 349 g/mol. The molecule has 0 aliphatic heterocycles. The van der Waals surface area contributed by atoms with Crippen molar-refractivity contribution in [3.63, 3.8) is 0 Å². The Hall–Kier alpha value is -2.76. The highest BCUT2D eigenvalue weighted by atomic mass is 16.1. The average molecular weight is 349 g/mol. The van der Waals surface area contributed by atoms with Crippen LogP contribution in [0.2, 0.25) is 0 Å². The molecule has 1 aliphatic rings. The van der Waals surface area contributed by atoms with Crippen LogP contribution >= 0.6 is 0 Å². The molecule has 3 aromatic rings. The first-order valence-electron chi connectivity index (χ1n) is 9.12. The second-order valence-corrected chi connectivity index (χ2v) is 7.05. The van der Waals surface area contributed by atoms with Gasteiger partial charge in [-0.25, -0.2) is 4.98 Å². The molecule has 1 N–H and O–H groups in total. The lowest BCUT2D eigenvalue weighted by Gasteiger charge is -2.18. The molecule has 1 atom stereocenters. The summed E-state index contributed by atoms with van der Waals surface area (Å²) in [7, 11) is 1.86. The van der Waals surface area contributed by atoms with Crippen LogP contribution in [0.5, 0.6) is 0 Å². The number of aryl methyl sites for hydroxylation is 3. The lowest BCUT2D eigenvalue weighted by Crippen LogP contribution is -2.32. The minimum absolute atomic E-state index is 0.0753. The van der Waals surface area contributed by atoms with E-state index in [1.54, 1.807) is 4.68 Å². The molecule has 1 aliphatic carbocycles. The molecule has 0 radical (unpaired) electrons. The van der Waals surface area contributed by atoms with Gasteiger partial charge in [0.15, 0.2) is 0 Å². The maximum absolute atomic E-state index is 13.2. The minimum atomic E-state index is -0.104. The highest BCUT2D eigenvalue weighted by molar-refractivity contribution is 6.06. The zero-order chi connectivity index (χ0) is 18.3. The third-order valence-corrected chi connectivity index (χ3v) is 5.06. The summed E-state index contributed by atoms with van der Waals surface area (Å²) < 4.78 is 1.74. The quantitative estimate of drug-likeness (QED) is 0.768. The van der Waals surface area contributed by atoms with Crippen molar-refractivity contribution in [1.29, 1.82) is 0 Å². The Morgan fingerprint density at radius 3 is 2.81 bits per heavy atom. The number of hydrogen-bond donors (Lipinski definition) is 1. The number of hydrogen-bond acceptors (Lipinski definition) is 4. The van der Waals surface area contributed by atoms with Crippen molar-refractivity contribution < 1.29 is 4.79 Å². The predicted molar refractivity (Wildman–Crippen MR) is 99.8 cm³/mol. The van der Waals surface area contributed by atoms with E-state index in [1.807, 2.05) is 26.1 Å². The van der Waals surface area contributed by atoms with Crippen LogP contribution in [0.1, 0.15) is 53.2 Å². The van der Waals surface area contributed by atoms with Gasteiger partial charge >= 0.3 is 0 Å². The van der Waals surface area contributed by atoms with Crippen molar-refractivity contribution in [3.05, 3.63) is 53.2 Å². The van der Waals surface area contributed by atoms with E-state index in [0.29, 0.717) is 11.5 Å². The van der Waals surface area contributed by atoms with Crippen LogP contribution in [0.3, 0.4) is 0 Å². The summed E-state index contributed by atoms with van der Waals surface area (Å²) in [6.45, 7) is 4.03. The Balaban J connectivity index is 1.72. The van der Waals surface area contributed by atoms with Crippen molar-refractivity contribution in [2.24, 2.45) is 13.0 Å². The molecule has 0 spiro atoms. The molecule has 1 fully saturated rings. The molecule has 0 saturated heterocycles. The molecular formula is C20H23N5O. The molecular weight excluding hydrogens is 326 g/mol. The van der Waals surface area contributed by atoms with Crippen LogP contribution in [0.4, 0.5) is 0 Å². The van der Waals surface area contributed by atoms with Crippen molar-refractivity contribution in [2.45, 2.75) is 39.2 Å². The zero-order valence-corrected chi connectivity index (χ0v) is 15.4. The van der Waals surface area contributed by atoms with Crippen LogP contribution in [-0.4, -0.2) is 25.7 Å². The summed E-state index contributed by atoms with van der Waals surface area (Å²) in [6.07, 6.45) is 4.67. The van der Waals surface area contributed by atoms with Gasteiger partial charge in [-0.15, -0.1) is 0 Å². The van der Waals surface area contributed by atoms with E-state index in [-0.39, 0.29) is 11.9 Å². The standard InChI is InChI=1S/C20H23N5O/c1-4-13-5-8-17-15(10-13)16(9-12(2)23-17)20(26)24-18(14-6-7-14)19-21-11-22-25(19)3/h5,8-11,14,18H,4,6-7H2,1-3H3,(H,24,26). The van der Waals surface area contributed by atoms with Gasteiger partial charge in [0.25, 0.3) is 5.91 Å². The van der Waals surface area contributed by atoms with Crippen molar-refractivity contribution in [1.82, 2.24) is 25.1 Å². The molecule has 1 aromatic carbocycles. The Morgan fingerprint density at radius 2 is 2.15 bits per heavy atom. The van der Waals surface area contributed by atoms with Crippen molar-refractivity contribution >= 4 is 16.8 Å². The third-order valence-electron chi connectivity index (χ3n) is 5.06. The summed E-state index contributed by atoms with van der Waals surface area (Å²) >= 11 is 0. The Bertz CT molecular complexity index is 973. The lowest BCUT2D eigenvalue weighted by atomic mass is 10.0. The summed E-state index contributed by atoms with van der Waals surface area (Å²) in [5.41, 5.74) is 3.57. The van der Waals surface area contributed by atoms with E-state index in [1.165, 1.54) is 11.9 Å². The summed E-state index contributed by atoms with van der Waals surface area (Å²) in [6, 6.07) is 7.91. The number of rotatable bonds is 5. The van der Waals surface area contributed by atoms with E-state index in [4.69, 9.17) is 0 Å². The smallest absolute Gasteiger partial charge is 0.252 e. The van der Waals surface area contributed by atoms with Crippen LogP contribution in [0.15, 0.2) is 30.6 Å². The van der Waals surface area contributed by atoms with E-state index in [2.05, 4.69) is 39.4 Å². The SMILES string of the molecule is CCc1ccc2nc(C)cc(C(=O)NC(c3ncnn3C)C3CC3)c2c1. The van der Waals surface area contributed by atoms with E-state index in [9.17, 15) is 4.79 Å². The van der Waals surface area contributed by atoms with Crippen molar-refractivity contribution in [2.75, 3.05) is 0 Å². The lowest BCUT2D eigenvalue weighted by molar-refractivity contribution is 0.0930. The number of pyridine rings is 1. The fourth-order valence-corrected chi connectivity index (χ4v) is 3.44. The molecule has 6 nitrogen and oxygen atoms in total. The highest BCUT2D eigenvalue weighted by Gasteiger charge is 2.36. The van der Waals surface area contributed by atoms with E-state index in [0.717, 1.165) is 41.7 Å². The molecule has 1 amide bonds. The number of carbonyl (C=O) groups is 1. The van der Waals surface area contributed by atoms with Gasteiger partial charge in [-0.2, -0.15) is 5.10 Å². The Morgan fingerprint density at radius 1 is 1.35 bits per heavy atom. The fraction of sp³-hybridized carbons (Fsp3) is 0.400. The second-order valence-electron chi connectivity index (χ2n) is 7.05. The van der Waals surface area contributed by atoms with E-state index >= 15 is 0 Å². The Kier molecular flexibility index (Phi) is 4.18. The average Bonchev–Trinajstić information content (AvgIpc) is 3.39. The van der Waals surface area contributed by atoms with Crippen molar-refractivity contribution in [3.8, 4) is 0 Å². The zero-order valence-electron chi connectivity index (χ0n) is 15.4. The first-order valence-corrected chi connectivity index (χ1v) is 9.12. The van der Waals surface area contributed by atoms with Gasteiger partial charge in [0.1, 0.15) is 12.2 Å². The van der Waals surface area contributed by atoms with Gasteiger partial charge in [0.2, 0.25) is 0 Å². The summed E-state index contributed by atoms with van der Waals surface area (Å²) in [4.78, 5) is 22.1. The van der Waals surface area contributed by atoms with Crippen LogP contribution < -0.4 is 5.32 Å². The van der Waals surface area contributed by atoms with Crippen LogP contribution in [0, 0.1) is 12.8 Å². The van der Waals surface area contributed by atoms with Gasteiger partial charge in [-0.3, -0.25) is 14.5 Å². The van der Waals surface area contributed by atoms with Crippen LogP contribution in [0.25, 0.3) is 10.9 Å². The maximum Gasteiger partial charge on any atom is 0.252 e. The van der Waals surface area contributed by atoms with Gasteiger partial charge in [0.05, 0.1) is 17.1 Å². The summed E-state index contributed by atoms with van der Waals surface area (Å²) in [5, 5.41) is 8.27. The minimum Gasteiger partial charge on any atom is -0.342 e. The number of amides is 1. The first-order chi connectivity index (χ1) is 12.6. The normalized spacial score (nSPS) is 15.2. The molecule has 4 rings (SSSR count). The number of nitrogens with one attached hydrogen (secondary N) is 1. The number of benzene rings is 1. The third kappa shape index (κ3) is 3.07. The molecule has 1 saturated carbocycles. The second kappa shape index (κ2) is 6.52. The number of fused-ring (bicyclic) bond motifs is 1. The molecule has 26 heavy (non-hydrogen) atoms. The summed E-state index contributed by atoms with van der Waals surface area (Å²) in [5.74, 6) is 1.17. The largest absolute Gasteiger partial charge is 0.342 e. The van der Waals surface area contributed by atoms with E-state index < -0.39 is 0 Å². The van der Waals surface area contributed by atoms with Gasteiger partial charge in [0, 0.05) is 18.1 Å². The molecule has 2 heterocycles. The molecule has 2 aromatic heterocycles. The van der Waals surface area contributed by atoms with Crippen LogP contribution in [-0.2, 0) is 13.5 Å². The molecule has 0 bridgehead atoms. The molecule has 1 unspecified atom stereocenters. The van der Waals surface area contributed by atoms with Gasteiger partial charge in [-0.1, -0.05) is 13.0 Å². The fourth-order valence-electron chi connectivity index (χ4n) is 3.44. The topological polar surface area (TPSA) is 72.7 Å². The van der Waals surface area contributed by atoms with Gasteiger partial charge < -0.3 is 5.32 Å². The molecule has 6 heteroatoms. The number of aromatic nitrogens is 4. The molecule has 134 valence electrons. The number of carbonyl (C=O) groups excluding carboxylic acids is 1. The maximum atomic E-state index is 13.2. The predicted octanol–water partition coefficient (Wildman–Crippen LogP) is 3.12. The number of nitrogens with zero attached hydrogens (tertiary/aromatic N) is 4. The Labute approximate surface area is 152 Å². The first kappa shape index (κ1) is 16.7. The highest BCUT2D eigenvalue weighted by Crippen LogP contribution is 2.40.